The van der Waals surface area contributed by atoms with Gasteiger partial charge in [0.1, 0.15) is 13.2 Å². The van der Waals surface area contributed by atoms with Gasteiger partial charge in [0.25, 0.3) is 0 Å². The lowest BCUT2D eigenvalue weighted by atomic mass is 10.1. The molecule has 9 nitrogen and oxygen atoms in total. The van der Waals surface area contributed by atoms with Gasteiger partial charge in [0, 0.05) is 30.9 Å². The summed E-state index contributed by atoms with van der Waals surface area (Å²) in [6.45, 7) is 9.52. The zero-order valence-corrected chi connectivity index (χ0v) is 41.8. The molecular formula is C52H92N2O7S2. The van der Waals surface area contributed by atoms with E-state index in [9.17, 15) is 14.4 Å². The Balaban J connectivity index is 2.30. The maximum absolute atomic E-state index is 12.8. The van der Waals surface area contributed by atoms with Crippen LogP contribution in [0, 0.1) is 0 Å². The summed E-state index contributed by atoms with van der Waals surface area (Å²) < 4.78 is 22.4. The van der Waals surface area contributed by atoms with Crippen LogP contribution in [0.3, 0.4) is 0 Å². The zero-order chi connectivity index (χ0) is 45.4. The van der Waals surface area contributed by atoms with Crippen molar-refractivity contribution in [3.05, 3.63) is 48.6 Å². The zero-order valence-electron chi connectivity index (χ0n) is 40.2. The number of hydrogen-bond donors (Lipinski definition) is 1. The second-order valence-corrected chi connectivity index (χ2v) is 19.5. The largest absolute Gasteiger partial charge is 0.462 e. The molecule has 1 amide bonds. The number of ether oxygens (including phenoxy) is 4. The number of esters is 2. The second kappa shape index (κ2) is 47.7. The predicted molar refractivity (Wildman–Crippen MR) is 270 cm³/mol. The molecule has 1 atom stereocenters. The Bertz CT molecular complexity index is 1170. The normalized spacial score (nSPS) is 14.3. The lowest BCUT2D eigenvalue weighted by Crippen LogP contribution is -2.38. The highest BCUT2D eigenvalue weighted by molar-refractivity contribution is 8.76. The molecule has 0 radical (unpaired) electrons. The van der Waals surface area contributed by atoms with Gasteiger partial charge in [-0.1, -0.05) is 161 Å². The number of carbonyl (C=O) groups is 3. The summed E-state index contributed by atoms with van der Waals surface area (Å²) in [6.07, 6.45) is 47.2. The molecule has 0 aromatic heterocycles. The highest BCUT2D eigenvalue weighted by Crippen LogP contribution is 2.20. The SMILES string of the molecule is CCCCC/C=C\C/C=C\CCCCCCCC(=O)OCC(CNC(=O)OCCSSCCOCCN1CCCCCC1)OC(=O)CCCCCCC/C=C\C/C=C\CCCCC. The van der Waals surface area contributed by atoms with Crippen molar-refractivity contribution in [3.8, 4) is 0 Å². The summed E-state index contributed by atoms with van der Waals surface area (Å²) in [5, 5.41) is 2.70. The number of carbonyl (C=O) groups excluding carboxylic acids is 3. The first-order valence-electron chi connectivity index (χ1n) is 25.4. The van der Waals surface area contributed by atoms with Crippen LogP contribution in [-0.4, -0.2) is 93.1 Å². The average Bonchev–Trinajstić information content (AvgIpc) is 3.56. The molecule has 0 saturated carbocycles. The van der Waals surface area contributed by atoms with Crippen LogP contribution in [0.25, 0.3) is 0 Å². The van der Waals surface area contributed by atoms with E-state index in [1.54, 1.807) is 21.6 Å². The summed E-state index contributed by atoms with van der Waals surface area (Å²) in [7, 11) is 3.36. The van der Waals surface area contributed by atoms with E-state index in [2.05, 4.69) is 72.7 Å². The number of nitrogens with zero attached hydrogens (tertiary/aromatic N) is 1. The third kappa shape index (κ3) is 43.5. The molecule has 0 spiro atoms. The van der Waals surface area contributed by atoms with Crippen molar-refractivity contribution in [2.45, 2.75) is 200 Å². The van der Waals surface area contributed by atoms with Crippen LogP contribution in [0.15, 0.2) is 48.6 Å². The van der Waals surface area contributed by atoms with Crippen LogP contribution in [0.1, 0.15) is 194 Å². The molecule has 1 unspecified atom stereocenters. The van der Waals surface area contributed by atoms with Crippen molar-refractivity contribution >= 4 is 39.6 Å². The average molecular weight is 921 g/mol. The van der Waals surface area contributed by atoms with Crippen molar-refractivity contribution in [2.75, 3.05) is 64.1 Å². The molecule has 0 aromatic rings. The van der Waals surface area contributed by atoms with Crippen LogP contribution in [0.5, 0.6) is 0 Å². The molecule has 1 N–H and O–H groups in total. The minimum Gasteiger partial charge on any atom is -0.462 e. The number of alkyl carbamates (subject to hydrolysis) is 1. The summed E-state index contributed by atoms with van der Waals surface area (Å²) in [6, 6.07) is 0. The molecule has 1 heterocycles. The fourth-order valence-corrected chi connectivity index (χ4v) is 8.77. The van der Waals surface area contributed by atoms with E-state index in [1.807, 2.05) is 0 Å². The maximum Gasteiger partial charge on any atom is 0.407 e. The van der Waals surface area contributed by atoms with Gasteiger partial charge in [-0.15, -0.1) is 0 Å². The first kappa shape index (κ1) is 58.8. The van der Waals surface area contributed by atoms with Crippen molar-refractivity contribution < 1.29 is 33.3 Å². The summed E-state index contributed by atoms with van der Waals surface area (Å²) in [4.78, 5) is 40.4. The predicted octanol–water partition coefficient (Wildman–Crippen LogP) is 14.1. The fourth-order valence-electron chi connectivity index (χ4n) is 7.08. The van der Waals surface area contributed by atoms with Crippen LogP contribution >= 0.6 is 21.6 Å². The van der Waals surface area contributed by atoms with Gasteiger partial charge in [-0.25, -0.2) is 4.79 Å². The van der Waals surface area contributed by atoms with Crippen molar-refractivity contribution in [1.82, 2.24) is 10.2 Å². The minimum atomic E-state index is -0.777. The van der Waals surface area contributed by atoms with Gasteiger partial charge >= 0.3 is 18.0 Å². The molecule has 0 aromatic carbocycles. The van der Waals surface area contributed by atoms with Gasteiger partial charge in [0.2, 0.25) is 0 Å². The van der Waals surface area contributed by atoms with Gasteiger partial charge in [0.05, 0.1) is 19.8 Å². The van der Waals surface area contributed by atoms with E-state index in [-0.39, 0.29) is 31.7 Å². The topological polar surface area (TPSA) is 103 Å². The molecule has 0 bridgehead atoms. The first-order valence-corrected chi connectivity index (χ1v) is 27.9. The van der Waals surface area contributed by atoms with E-state index >= 15 is 0 Å². The molecule has 1 fully saturated rings. The Labute approximate surface area is 393 Å². The Kier molecular flexibility index (Phi) is 44.6. The van der Waals surface area contributed by atoms with Gasteiger partial charge in [0.15, 0.2) is 6.10 Å². The third-order valence-electron chi connectivity index (χ3n) is 10.9. The highest BCUT2D eigenvalue weighted by Gasteiger charge is 2.19. The molecule has 1 aliphatic rings. The Hall–Kier alpha value is -2.21. The Morgan fingerprint density at radius 2 is 1.05 bits per heavy atom. The quantitative estimate of drug-likeness (QED) is 0.0209. The number of likely N-dealkylation sites (tertiary alicyclic amines) is 1. The van der Waals surface area contributed by atoms with E-state index in [1.165, 1.54) is 90.1 Å². The molecule has 0 aliphatic carbocycles. The lowest BCUT2D eigenvalue weighted by molar-refractivity contribution is -0.158. The molecule has 1 aliphatic heterocycles. The smallest absolute Gasteiger partial charge is 0.407 e. The monoisotopic (exact) mass is 921 g/mol. The van der Waals surface area contributed by atoms with Crippen LogP contribution < -0.4 is 5.32 Å². The van der Waals surface area contributed by atoms with Gasteiger partial charge in [-0.05, 0) is 103 Å². The summed E-state index contributed by atoms with van der Waals surface area (Å²) >= 11 is 0. The minimum absolute atomic E-state index is 0.0143. The van der Waals surface area contributed by atoms with Gasteiger partial charge < -0.3 is 29.2 Å². The number of rotatable bonds is 43. The van der Waals surface area contributed by atoms with E-state index in [4.69, 9.17) is 18.9 Å². The Morgan fingerprint density at radius 1 is 0.556 bits per heavy atom. The summed E-state index contributed by atoms with van der Waals surface area (Å²) in [5.41, 5.74) is 0. The number of nitrogens with one attached hydrogen (secondary N) is 1. The van der Waals surface area contributed by atoms with Crippen molar-refractivity contribution in [1.29, 1.82) is 0 Å². The van der Waals surface area contributed by atoms with Crippen molar-refractivity contribution in [2.24, 2.45) is 0 Å². The number of hydrogen-bond acceptors (Lipinski definition) is 10. The summed E-state index contributed by atoms with van der Waals surface area (Å²) in [5.74, 6) is 0.886. The number of allylic oxidation sites excluding steroid dienone is 8. The molecule has 63 heavy (non-hydrogen) atoms. The van der Waals surface area contributed by atoms with Crippen LogP contribution in [0.2, 0.25) is 0 Å². The van der Waals surface area contributed by atoms with Crippen LogP contribution in [-0.2, 0) is 28.5 Å². The third-order valence-corrected chi connectivity index (χ3v) is 13.2. The lowest BCUT2D eigenvalue weighted by Gasteiger charge is -2.19. The number of unbranched alkanes of at least 4 members (excludes halogenated alkanes) is 16. The standard InChI is InChI=1S/C52H92N2O7S2/c1-3-5-7-9-11-13-15-17-19-21-23-25-27-29-33-37-50(55)60-48-49(61-51(56)38-34-30-28-26-24-22-20-18-16-14-12-10-8-6-4-2)47-53-52(57)59-44-46-63-62-45-43-58-42-41-54-39-35-31-32-36-40-54/h11-14,17-20,49H,3-10,15-16,21-48H2,1-2H3,(H,53,57)/b13-11-,14-12-,19-17-,20-18-. The van der Waals surface area contributed by atoms with Gasteiger partial charge in [-0.2, -0.15) is 0 Å². The maximum atomic E-state index is 12.8. The fraction of sp³-hybridized carbons (Fsp3) is 0.788. The molecule has 364 valence electrons. The van der Waals surface area contributed by atoms with Gasteiger partial charge in [-0.3, -0.25) is 9.59 Å². The van der Waals surface area contributed by atoms with E-state index in [0.717, 1.165) is 109 Å². The second-order valence-electron chi connectivity index (χ2n) is 16.8. The Morgan fingerprint density at radius 3 is 1.60 bits per heavy atom. The van der Waals surface area contributed by atoms with Crippen molar-refractivity contribution in [3.63, 3.8) is 0 Å². The molecule has 1 saturated heterocycles. The number of amides is 1. The van der Waals surface area contributed by atoms with Crippen LogP contribution in [0.4, 0.5) is 4.79 Å². The van der Waals surface area contributed by atoms with E-state index in [0.29, 0.717) is 25.2 Å². The molecule has 1 rings (SSSR count). The molecule has 11 heteroatoms. The van der Waals surface area contributed by atoms with E-state index < -0.39 is 12.2 Å². The highest BCUT2D eigenvalue weighted by atomic mass is 33.1. The first-order chi connectivity index (χ1) is 31.0. The molecular weight excluding hydrogens is 829 g/mol.